The first-order valence-electron chi connectivity index (χ1n) is 8.86. The van der Waals surface area contributed by atoms with Crippen LogP contribution in [0, 0.1) is 5.92 Å². The van der Waals surface area contributed by atoms with E-state index in [9.17, 15) is 4.79 Å². The lowest BCUT2D eigenvalue weighted by Crippen LogP contribution is -2.41. The Labute approximate surface area is 150 Å². The quantitative estimate of drug-likeness (QED) is 0.733. The maximum Gasteiger partial charge on any atom is 0.223 e. The van der Waals surface area contributed by atoms with Gasteiger partial charge in [0.15, 0.2) is 0 Å². The number of rotatable bonds is 9. The van der Waals surface area contributed by atoms with Gasteiger partial charge in [0, 0.05) is 18.2 Å². The SMILES string of the molecule is CC(C)CC(CN)NC(=O)CCOc1ccccc1-c1ccccc1. The third kappa shape index (κ3) is 6.24. The molecule has 0 saturated heterocycles. The van der Waals surface area contributed by atoms with E-state index in [0.717, 1.165) is 23.3 Å². The van der Waals surface area contributed by atoms with Gasteiger partial charge in [-0.25, -0.2) is 0 Å². The Morgan fingerprint density at radius 2 is 1.76 bits per heavy atom. The third-order valence-corrected chi connectivity index (χ3v) is 3.96. The van der Waals surface area contributed by atoms with Gasteiger partial charge in [-0.1, -0.05) is 62.4 Å². The van der Waals surface area contributed by atoms with Gasteiger partial charge in [0.05, 0.1) is 13.0 Å². The molecule has 0 aliphatic rings. The molecule has 0 radical (unpaired) electrons. The third-order valence-electron chi connectivity index (χ3n) is 3.96. The molecule has 0 heterocycles. The summed E-state index contributed by atoms with van der Waals surface area (Å²) in [7, 11) is 0. The van der Waals surface area contributed by atoms with E-state index in [-0.39, 0.29) is 11.9 Å². The Morgan fingerprint density at radius 3 is 2.44 bits per heavy atom. The molecule has 0 bridgehead atoms. The molecule has 2 rings (SSSR count). The zero-order valence-corrected chi connectivity index (χ0v) is 15.1. The summed E-state index contributed by atoms with van der Waals surface area (Å²) in [5.41, 5.74) is 7.86. The lowest BCUT2D eigenvalue weighted by molar-refractivity contribution is -0.122. The van der Waals surface area contributed by atoms with Crippen molar-refractivity contribution in [3.05, 3.63) is 54.6 Å². The molecule has 4 nitrogen and oxygen atoms in total. The van der Waals surface area contributed by atoms with E-state index in [1.54, 1.807) is 0 Å². The molecule has 2 aromatic carbocycles. The Balaban J connectivity index is 1.89. The molecule has 1 amide bonds. The zero-order valence-electron chi connectivity index (χ0n) is 15.1. The number of hydrogen-bond acceptors (Lipinski definition) is 3. The smallest absolute Gasteiger partial charge is 0.223 e. The van der Waals surface area contributed by atoms with Crippen molar-refractivity contribution in [3.63, 3.8) is 0 Å². The van der Waals surface area contributed by atoms with Crippen LogP contribution in [0.4, 0.5) is 0 Å². The van der Waals surface area contributed by atoms with Gasteiger partial charge in [0.2, 0.25) is 5.91 Å². The number of carbonyl (C=O) groups excluding carboxylic acids is 1. The molecule has 4 heteroatoms. The minimum atomic E-state index is -0.0201. The second-order valence-corrected chi connectivity index (χ2v) is 6.59. The number of amides is 1. The predicted octanol–water partition coefficient (Wildman–Crippen LogP) is 3.61. The summed E-state index contributed by atoms with van der Waals surface area (Å²) < 4.78 is 5.87. The van der Waals surface area contributed by atoms with E-state index in [1.807, 2.05) is 54.6 Å². The van der Waals surface area contributed by atoms with E-state index in [1.165, 1.54) is 0 Å². The van der Waals surface area contributed by atoms with Crippen molar-refractivity contribution < 1.29 is 9.53 Å². The van der Waals surface area contributed by atoms with E-state index < -0.39 is 0 Å². The van der Waals surface area contributed by atoms with Gasteiger partial charge in [-0.3, -0.25) is 4.79 Å². The van der Waals surface area contributed by atoms with Crippen molar-refractivity contribution in [3.8, 4) is 16.9 Å². The van der Waals surface area contributed by atoms with Crippen LogP contribution in [-0.2, 0) is 4.79 Å². The van der Waals surface area contributed by atoms with E-state index in [2.05, 4.69) is 19.2 Å². The molecular weight excluding hydrogens is 312 g/mol. The first-order valence-corrected chi connectivity index (χ1v) is 8.86. The maximum atomic E-state index is 12.1. The molecule has 0 spiro atoms. The molecule has 0 saturated carbocycles. The molecule has 2 aromatic rings. The summed E-state index contributed by atoms with van der Waals surface area (Å²) in [6.07, 6.45) is 1.21. The monoisotopic (exact) mass is 340 g/mol. The average Bonchev–Trinajstić information content (AvgIpc) is 2.62. The number of benzene rings is 2. The average molecular weight is 340 g/mol. The molecule has 1 atom stereocenters. The van der Waals surface area contributed by atoms with Gasteiger partial charge in [-0.15, -0.1) is 0 Å². The predicted molar refractivity (Wildman–Crippen MR) is 102 cm³/mol. The molecule has 25 heavy (non-hydrogen) atoms. The van der Waals surface area contributed by atoms with Crippen LogP contribution in [-0.4, -0.2) is 25.1 Å². The van der Waals surface area contributed by atoms with Gasteiger partial charge < -0.3 is 15.8 Å². The summed E-state index contributed by atoms with van der Waals surface area (Å²) in [4.78, 5) is 12.1. The lowest BCUT2D eigenvalue weighted by atomic mass is 10.0. The number of nitrogens with one attached hydrogen (secondary N) is 1. The minimum Gasteiger partial charge on any atom is -0.492 e. The van der Waals surface area contributed by atoms with Gasteiger partial charge in [0.25, 0.3) is 0 Å². The standard InChI is InChI=1S/C21H28N2O2/c1-16(2)14-18(15-22)23-21(24)12-13-25-20-11-7-6-10-19(20)17-8-4-3-5-9-17/h3-11,16,18H,12-15,22H2,1-2H3,(H,23,24). The van der Waals surface area contributed by atoms with Crippen LogP contribution in [0.2, 0.25) is 0 Å². The molecule has 0 aliphatic heterocycles. The van der Waals surface area contributed by atoms with Crippen molar-refractivity contribution in [1.82, 2.24) is 5.32 Å². The van der Waals surface area contributed by atoms with Crippen molar-refractivity contribution >= 4 is 5.91 Å². The molecule has 0 aliphatic carbocycles. The van der Waals surface area contributed by atoms with Crippen LogP contribution < -0.4 is 15.8 Å². The van der Waals surface area contributed by atoms with Crippen LogP contribution in [0.1, 0.15) is 26.7 Å². The maximum absolute atomic E-state index is 12.1. The van der Waals surface area contributed by atoms with Crippen LogP contribution in [0.25, 0.3) is 11.1 Å². The highest BCUT2D eigenvalue weighted by molar-refractivity contribution is 5.76. The highest BCUT2D eigenvalue weighted by Crippen LogP contribution is 2.29. The number of ether oxygens (including phenoxy) is 1. The zero-order chi connectivity index (χ0) is 18.1. The van der Waals surface area contributed by atoms with E-state index in [0.29, 0.717) is 25.5 Å². The van der Waals surface area contributed by atoms with Crippen molar-refractivity contribution in [1.29, 1.82) is 0 Å². The number of carbonyl (C=O) groups is 1. The first kappa shape index (κ1) is 19.0. The molecular formula is C21H28N2O2. The van der Waals surface area contributed by atoms with Crippen LogP contribution in [0.3, 0.4) is 0 Å². The second kappa shape index (κ2) is 9.84. The molecule has 0 fully saturated rings. The number of nitrogens with two attached hydrogens (primary N) is 1. The molecule has 3 N–H and O–H groups in total. The van der Waals surface area contributed by atoms with Crippen molar-refractivity contribution in [2.75, 3.05) is 13.2 Å². The molecule has 0 aromatic heterocycles. The Kier molecular flexibility index (Phi) is 7.48. The Morgan fingerprint density at radius 1 is 1.08 bits per heavy atom. The minimum absolute atomic E-state index is 0.0201. The fourth-order valence-electron chi connectivity index (χ4n) is 2.79. The van der Waals surface area contributed by atoms with Crippen LogP contribution in [0.5, 0.6) is 5.75 Å². The second-order valence-electron chi connectivity index (χ2n) is 6.59. The largest absolute Gasteiger partial charge is 0.492 e. The van der Waals surface area contributed by atoms with Crippen molar-refractivity contribution in [2.45, 2.75) is 32.7 Å². The number of para-hydroxylation sites is 1. The summed E-state index contributed by atoms with van der Waals surface area (Å²) >= 11 is 0. The first-order chi connectivity index (χ1) is 12.1. The Bertz CT molecular complexity index is 656. The lowest BCUT2D eigenvalue weighted by Gasteiger charge is -2.19. The summed E-state index contributed by atoms with van der Waals surface area (Å²) in [6.45, 7) is 5.05. The normalized spacial score (nSPS) is 12.0. The van der Waals surface area contributed by atoms with E-state index in [4.69, 9.17) is 10.5 Å². The van der Waals surface area contributed by atoms with Gasteiger partial charge >= 0.3 is 0 Å². The van der Waals surface area contributed by atoms with Crippen LogP contribution >= 0.6 is 0 Å². The molecule has 1 unspecified atom stereocenters. The van der Waals surface area contributed by atoms with Gasteiger partial charge in [-0.2, -0.15) is 0 Å². The summed E-state index contributed by atoms with van der Waals surface area (Å²) in [6, 6.07) is 18.0. The van der Waals surface area contributed by atoms with Crippen LogP contribution in [0.15, 0.2) is 54.6 Å². The van der Waals surface area contributed by atoms with Crippen molar-refractivity contribution in [2.24, 2.45) is 11.7 Å². The van der Waals surface area contributed by atoms with E-state index >= 15 is 0 Å². The van der Waals surface area contributed by atoms with Gasteiger partial charge in [0.1, 0.15) is 5.75 Å². The highest BCUT2D eigenvalue weighted by atomic mass is 16.5. The summed E-state index contributed by atoms with van der Waals surface area (Å²) in [5.74, 6) is 1.27. The topological polar surface area (TPSA) is 64.3 Å². The fraction of sp³-hybridized carbons (Fsp3) is 0.381. The molecule has 134 valence electrons. The van der Waals surface area contributed by atoms with Gasteiger partial charge in [-0.05, 0) is 24.0 Å². The fourth-order valence-corrected chi connectivity index (χ4v) is 2.79. The number of hydrogen-bond donors (Lipinski definition) is 2. The summed E-state index contributed by atoms with van der Waals surface area (Å²) in [5, 5.41) is 2.99. The highest BCUT2D eigenvalue weighted by Gasteiger charge is 2.13. The Hall–Kier alpha value is -2.33.